The summed E-state index contributed by atoms with van der Waals surface area (Å²) in [5.74, 6) is 2.86. The predicted molar refractivity (Wildman–Crippen MR) is 63.5 cm³/mol. The van der Waals surface area contributed by atoms with Crippen molar-refractivity contribution >= 4 is 5.91 Å². The van der Waals surface area contributed by atoms with Crippen molar-refractivity contribution in [3.8, 4) is 0 Å². The molecule has 1 aliphatic rings. The van der Waals surface area contributed by atoms with Crippen molar-refractivity contribution in [2.75, 3.05) is 7.05 Å². The molecule has 0 spiro atoms. The predicted octanol–water partition coefficient (Wildman–Crippen LogP) is 2.83. The smallest absolute Gasteiger partial charge is 0.222 e. The second-order valence-electron chi connectivity index (χ2n) is 5.13. The summed E-state index contributed by atoms with van der Waals surface area (Å²) in [6.07, 6.45) is 4.71. The van der Waals surface area contributed by atoms with E-state index in [1.165, 1.54) is 12.8 Å². The van der Waals surface area contributed by atoms with Crippen LogP contribution in [-0.2, 0) is 4.79 Å². The zero-order chi connectivity index (χ0) is 11.4. The van der Waals surface area contributed by atoms with Gasteiger partial charge in [-0.15, -0.1) is 0 Å². The molecule has 1 amide bonds. The molecule has 0 bridgehead atoms. The zero-order valence-electron chi connectivity index (χ0n) is 10.5. The molecule has 1 rings (SSSR count). The summed E-state index contributed by atoms with van der Waals surface area (Å²) in [7, 11) is 1.74. The molecular formula is C13H25NO. The highest BCUT2D eigenvalue weighted by molar-refractivity contribution is 5.78. The van der Waals surface area contributed by atoms with Crippen LogP contribution in [-0.4, -0.2) is 13.0 Å². The van der Waals surface area contributed by atoms with Gasteiger partial charge in [-0.2, -0.15) is 0 Å². The number of nitrogens with one attached hydrogen (secondary N) is 1. The molecule has 1 N–H and O–H groups in total. The van der Waals surface area contributed by atoms with Gasteiger partial charge in [0.05, 0.1) is 0 Å². The Hall–Kier alpha value is -0.530. The van der Waals surface area contributed by atoms with Gasteiger partial charge in [-0.3, -0.25) is 4.79 Å². The van der Waals surface area contributed by atoms with E-state index in [0.29, 0.717) is 0 Å². The lowest BCUT2D eigenvalue weighted by atomic mass is 9.84. The Kier molecular flexibility index (Phi) is 4.62. The van der Waals surface area contributed by atoms with Gasteiger partial charge >= 0.3 is 0 Å². The van der Waals surface area contributed by atoms with Gasteiger partial charge in [-0.25, -0.2) is 0 Å². The third-order valence-corrected chi connectivity index (χ3v) is 4.33. The molecule has 0 radical (unpaired) electrons. The van der Waals surface area contributed by atoms with Crippen molar-refractivity contribution in [3.05, 3.63) is 0 Å². The summed E-state index contributed by atoms with van der Waals surface area (Å²) in [5, 5.41) is 2.78. The summed E-state index contributed by atoms with van der Waals surface area (Å²) in [6.45, 7) is 6.80. The molecule has 1 unspecified atom stereocenters. The van der Waals surface area contributed by atoms with E-state index in [1.54, 1.807) is 7.05 Å². The molecule has 2 nitrogen and oxygen atoms in total. The summed E-state index contributed by atoms with van der Waals surface area (Å²) < 4.78 is 0. The van der Waals surface area contributed by atoms with Crippen molar-refractivity contribution in [1.29, 1.82) is 0 Å². The fraction of sp³-hybridized carbons (Fsp3) is 0.923. The SMILES string of the molecule is CCC(C[C@H]1CC[C@@H](C)[C@H]1C)C(=O)NC. The minimum absolute atomic E-state index is 0.226. The highest BCUT2D eigenvalue weighted by Crippen LogP contribution is 2.40. The average Bonchev–Trinajstić information content (AvgIpc) is 2.56. The van der Waals surface area contributed by atoms with Crippen LogP contribution >= 0.6 is 0 Å². The Morgan fingerprint density at radius 1 is 1.40 bits per heavy atom. The van der Waals surface area contributed by atoms with Gasteiger partial charge in [-0.05, 0) is 37.0 Å². The molecular weight excluding hydrogens is 186 g/mol. The van der Waals surface area contributed by atoms with E-state index in [1.807, 2.05) is 0 Å². The molecule has 0 aromatic heterocycles. The van der Waals surface area contributed by atoms with Crippen LogP contribution < -0.4 is 5.32 Å². The van der Waals surface area contributed by atoms with Crippen LogP contribution in [0.3, 0.4) is 0 Å². The number of hydrogen-bond donors (Lipinski definition) is 1. The van der Waals surface area contributed by atoms with Gasteiger partial charge in [0, 0.05) is 13.0 Å². The fourth-order valence-corrected chi connectivity index (χ4v) is 2.83. The van der Waals surface area contributed by atoms with Gasteiger partial charge in [-0.1, -0.05) is 27.2 Å². The molecule has 0 saturated heterocycles. The van der Waals surface area contributed by atoms with Gasteiger partial charge in [0.25, 0.3) is 0 Å². The molecule has 0 aromatic carbocycles. The highest BCUT2D eigenvalue weighted by atomic mass is 16.1. The third-order valence-electron chi connectivity index (χ3n) is 4.33. The number of rotatable bonds is 4. The first-order valence-corrected chi connectivity index (χ1v) is 6.31. The van der Waals surface area contributed by atoms with Crippen molar-refractivity contribution in [3.63, 3.8) is 0 Å². The van der Waals surface area contributed by atoms with Crippen LogP contribution in [0.15, 0.2) is 0 Å². The van der Waals surface area contributed by atoms with Gasteiger partial charge < -0.3 is 5.32 Å². The molecule has 1 saturated carbocycles. The molecule has 1 aliphatic carbocycles. The molecule has 0 heterocycles. The Labute approximate surface area is 93.8 Å². The standard InChI is InChI=1S/C13H25NO/c1-5-11(13(15)14-4)8-12-7-6-9(2)10(12)3/h9-12H,5-8H2,1-4H3,(H,14,15)/t9-,10-,11?,12-/m1/s1. The Balaban J connectivity index is 2.49. The quantitative estimate of drug-likeness (QED) is 0.761. The normalized spacial score (nSPS) is 32.7. The van der Waals surface area contributed by atoms with Crippen LogP contribution in [0.4, 0.5) is 0 Å². The number of carbonyl (C=O) groups excluding carboxylic acids is 1. The molecule has 88 valence electrons. The van der Waals surface area contributed by atoms with E-state index in [-0.39, 0.29) is 11.8 Å². The number of carbonyl (C=O) groups is 1. The van der Waals surface area contributed by atoms with Crippen LogP contribution in [0.25, 0.3) is 0 Å². The summed E-state index contributed by atoms with van der Waals surface area (Å²) in [5.41, 5.74) is 0. The molecule has 15 heavy (non-hydrogen) atoms. The first kappa shape index (κ1) is 12.5. The second kappa shape index (κ2) is 5.53. The van der Waals surface area contributed by atoms with Crippen molar-refractivity contribution in [1.82, 2.24) is 5.32 Å². The van der Waals surface area contributed by atoms with Gasteiger partial charge in [0.2, 0.25) is 5.91 Å². The maximum absolute atomic E-state index is 11.6. The lowest BCUT2D eigenvalue weighted by Gasteiger charge is -2.22. The molecule has 0 aromatic rings. The Morgan fingerprint density at radius 2 is 2.07 bits per heavy atom. The van der Waals surface area contributed by atoms with E-state index in [4.69, 9.17) is 0 Å². The van der Waals surface area contributed by atoms with Gasteiger partial charge in [0.1, 0.15) is 0 Å². The first-order valence-electron chi connectivity index (χ1n) is 6.31. The second-order valence-corrected chi connectivity index (χ2v) is 5.13. The first-order chi connectivity index (χ1) is 7.10. The molecule has 2 heteroatoms. The van der Waals surface area contributed by atoms with Crippen molar-refractivity contribution < 1.29 is 4.79 Å². The third kappa shape index (κ3) is 2.96. The molecule has 4 atom stereocenters. The average molecular weight is 211 g/mol. The topological polar surface area (TPSA) is 29.1 Å². The van der Waals surface area contributed by atoms with E-state index < -0.39 is 0 Å². The van der Waals surface area contributed by atoms with E-state index in [0.717, 1.165) is 30.6 Å². The zero-order valence-corrected chi connectivity index (χ0v) is 10.5. The number of amides is 1. The van der Waals surface area contributed by atoms with E-state index in [2.05, 4.69) is 26.1 Å². The van der Waals surface area contributed by atoms with E-state index >= 15 is 0 Å². The number of hydrogen-bond acceptors (Lipinski definition) is 1. The highest BCUT2D eigenvalue weighted by Gasteiger charge is 2.32. The van der Waals surface area contributed by atoms with Crippen molar-refractivity contribution in [2.45, 2.75) is 46.5 Å². The Morgan fingerprint density at radius 3 is 2.47 bits per heavy atom. The minimum atomic E-state index is 0.226. The van der Waals surface area contributed by atoms with Crippen LogP contribution in [0, 0.1) is 23.7 Å². The monoisotopic (exact) mass is 211 g/mol. The molecule has 0 aliphatic heterocycles. The van der Waals surface area contributed by atoms with Crippen molar-refractivity contribution in [2.24, 2.45) is 23.7 Å². The summed E-state index contributed by atoms with van der Waals surface area (Å²) >= 11 is 0. The molecule has 1 fully saturated rings. The fourth-order valence-electron chi connectivity index (χ4n) is 2.83. The van der Waals surface area contributed by atoms with Gasteiger partial charge in [0.15, 0.2) is 0 Å². The summed E-state index contributed by atoms with van der Waals surface area (Å²) in [4.78, 5) is 11.6. The summed E-state index contributed by atoms with van der Waals surface area (Å²) in [6, 6.07) is 0. The largest absolute Gasteiger partial charge is 0.359 e. The maximum Gasteiger partial charge on any atom is 0.222 e. The van der Waals surface area contributed by atoms with Crippen LogP contribution in [0.2, 0.25) is 0 Å². The van der Waals surface area contributed by atoms with Crippen LogP contribution in [0.1, 0.15) is 46.5 Å². The Bertz CT molecular complexity index is 215. The lowest BCUT2D eigenvalue weighted by molar-refractivity contribution is -0.125. The van der Waals surface area contributed by atoms with E-state index in [9.17, 15) is 4.79 Å². The maximum atomic E-state index is 11.6. The minimum Gasteiger partial charge on any atom is -0.359 e. The van der Waals surface area contributed by atoms with Crippen LogP contribution in [0.5, 0.6) is 0 Å². The lowest BCUT2D eigenvalue weighted by Crippen LogP contribution is -2.29.